The molecule has 0 unspecified atom stereocenters. The normalized spacial score (nSPS) is 20.0. The number of carbonyl (C=O) groups excluding carboxylic acids is 2. The SMILES string of the molecule is CC[C@H](C)NC(=O)O[C@@H]1CC[C@H](c2cc(NC(=O)Cc3scnc3C)n[nH]2)C1. The van der Waals surface area contributed by atoms with Gasteiger partial charge in [-0.1, -0.05) is 6.92 Å². The lowest BCUT2D eigenvalue weighted by molar-refractivity contribution is -0.115. The van der Waals surface area contributed by atoms with E-state index in [-0.39, 0.29) is 30.1 Å². The van der Waals surface area contributed by atoms with Crippen molar-refractivity contribution in [1.82, 2.24) is 20.5 Å². The van der Waals surface area contributed by atoms with Crippen LogP contribution in [0.4, 0.5) is 10.6 Å². The topological polar surface area (TPSA) is 109 Å². The third kappa shape index (κ3) is 5.31. The fourth-order valence-corrected chi connectivity index (χ4v) is 4.03. The minimum absolute atomic E-state index is 0.0929. The van der Waals surface area contributed by atoms with Crippen LogP contribution in [0.2, 0.25) is 0 Å². The van der Waals surface area contributed by atoms with Gasteiger partial charge >= 0.3 is 6.09 Å². The molecular formula is C19H27N5O3S. The second-order valence-electron chi connectivity index (χ2n) is 7.29. The molecule has 0 aliphatic heterocycles. The minimum Gasteiger partial charge on any atom is -0.446 e. The van der Waals surface area contributed by atoms with Gasteiger partial charge < -0.3 is 15.4 Å². The summed E-state index contributed by atoms with van der Waals surface area (Å²) in [6, 6.07) is 1.97. The largest absolute Gasteiger partial charge is 0.446 e. The van der Waals surface area contributed by atoms with Gasteiger partial charge in [-0.15, -0.1) is 11.3 Å². The van der Waals surface area contributed by atoms with Crippen molar-refractivity contribution in [3.63, 3.8) is 0 Å². The molecular weight excluding hydrogens is 378 g/mol. The average molecular weight is 406 g/mol. The predicted octanol–water partition coefficient (Wildman–Crippen LogP) is 3.52. The molecule has 0 spiro atoms. The molecule has 0 radical (unpaired) electrons. The number of rotatable bonds is 7. The van der Waals surface area contributed by atoms with Gasteiger partial charge in [0.25, 0.3) is 0 Å². The molecule has 3 atom stereocenters. The molecule has 0 bridgehead atoms. The lowest BCUT2D eigenvalue weighted by Crippen LogP contribution is -2.34. The number of hydrogen-bond acceptors (Lipinski definition) is 6. The van der Waals surface area contributed by atoms with Crippen LogP contribution in [-0.4, -0.2) is 39.3 Å². The Balaban J connectivity index is 1.48. The molecule has 0 aromatic carbocycles. The summed E-state index contributed by atoms with van der Waals surface area (Å²) < 4.78 is 5.52. The first-order chi connectivity index (χ1) is 13.4. The highest BCUT2D eigenvalue weighted by molar-refractivity contribution is 7.09. The van der Waals surface area contributed by atoms with E-state index in [0.717, 1.165) is 41.9 Å². The smallest absolute Gasteiger partial charge is 0.407 e. The fraction of sp³-hybridized carbons (Fsp3) is 0.579. The summed E-state index contributed by atoms with van der Waals surface area (Å²) >= 11 is 1.48. The molecule has 1 saturated carbocycles. The molecule has 2 amide bonds. The van der Waals surface area contributed by atoms with E-state index in [4.69, 9.17) is 4.74 Å². The van der Waals surface area contributed by atoms with Crippen molar-refractivity contribution in [2.75, 3.05) is 5.32 Å². The van der Waals surface area contributed by atoms with Gasteiger partial charge in [0.05, 0.1) is 17.6 Å². The molecule has 2 aromatic rings. The number of thiazole rings is 1. The molecule has 2 aromatic heterocycles. The Kier molecular flexibility index (Phi) is 6.66. The Morgan fingerprint density at radius 2 is 2.25 bits per heavy atom. The summed E-state index contributed by atoms with van der Waals surface area (Å²) in [5, 5.41) is 12.9. The monoisotopic (exact) mass is 405 g/mol. The number of ether oxygens (including phenoxy) is 1. The maximum atomic E-state index is 12.2. The number of anilines is 1. The summed E-state index contributed by atoms with van der Waals surface area (Å²) in [4.78, 5) is 29.2. The molecule has 9 heteroatoms. The number of amides is 2. The van der Waals surface area contributed by atoms with E-state index >= 15 is 0 Å². The maximum Gasteiger partial charge on any atom is 0.407 e. The van der Waals surface area contributed by atoms with Crippen LogP contribution in [0.25, 0.3) is 0 Å². The zero-order chi connectivity index (χ0) is 20.1. The van der Waals surface area contributed by atoms with E-state index in [2.05, 4.69) is 25.8 Å². The van der Waals surface area contributed by atoms with Gasteiger partial charge in [0.15, 0.2) is 5.82 Å². The molecule has 152 valence electrons. The van der Waals surface area contributed by atoms with Crippen molar-refractivity contribution in [2.45, 2.75) is 70.9 Å². The lowest BCUT2D eigenvalue weighted by atomic mass is 10.0. The van der Waals surface area contributed by atoms with Crippen LogP contribution in [-0.2, 0) is 16.0 Å². The minimum atomic E-state index is -0.351. The molecule has 1 aliphatic rings. The first kappa shape index (κ1) is 20.3. The number of hydrogen-bond donors (Lipinski definition) is 3. The summed E-state index contributed by atoms with van der Waals surface area (Å²) in [7, 11) is 0. The molecule has 1 fully saturated rings. The van der Waals surface area contributed by atoms with Crippen LogP contribution >= 0.6 is 11.3 Å². The third-order valence-corrected chi connectivity index (χ3v) is 6.04. The van der Waals surface area contributed by atoms with Crippen molar-refractivity contribution in [3.05, 3.63) is 27.8 Å². The Bertz CT molecular complexity index is 818. The summed E-state index contributed by atoms with van der Waals surface area (Å²) in [5.74, 6) is 0.643. The lowest BCUT2D eigenvalue weighted by Gasteiger charge is -2.16. The van der Waals surface area contributed by atoms with Crippen LogP contribution in [0.5, 0.6) is 0 Å². The average Bonchev–Trinajstić information content (AvgIpc) is 3.37. The first-order valence-electron chi connectivity index (χ1n) is 9.65. The van der Waals surface area contributed by atoms with Crippen LogP contribution in [0.3, 0.4) is 0 Å². The summed E-state index contributed by atoms with van der Waals surface area (Å²) in [6.45, 7) is 5.87. The van der Waals surface area contributed by atoms with Crippen LogP contribution in [0.15, 0.2) is 11.6 Å². The van der Waals surface area contributed by atoms with Crippen molar-refractivity contribution in [1.29, 1.82) is 0 Å². The number of aryl methyl sites for hydroxylation is 1. The molecule has 3 rings (SSSR count). The first-order valence-corrected chi connectivity index (χ1v) is 10.5. The Hall–Kier alpha value is -2.42. The Labute approximate surface area is 168 Å². The predicted molar refractivity (Wildman–Crippen MR) is 108 cm³/mol. The fourth-order valence-electron chi connectivity index (χ4n) is 3.26. The highest BCUT2D eigenvalue weighted by atomic mass is 32.1. The molecule has 0 saturated heterocycles. The van der Waals surface area contributed by atoms with Crippen molar-refractivity contribution >= 4 is 29.2 Å². The van der Waals surface area contributed by atoms with E-state index in [1.54, 1.807) is 5.51 Å². The number of aromatic amines is 1. The highest BCUT2D eigenvalue weighted by Crippen LogP contribution is 2.35. The standard InChI is InChI=1S/C19H27N5O3S/c1-4-11(2)21-19(26)27-14-6-5-13(7-14)15-8-17(24-23-15)22-18(25)9-16-12(3)20-10-28-16/h8,10-11,13-14H,4-7,9H2,1-3H3,(H,21,26)(H2,22,23,24,25)/t11-,13-,14+/m0/s1. The molecule has 1 aliphatic carbocycles. The Morgan fingerprint density at radius 3 is 2.96 bits per heavy atom. The van der Waals surface area contributed by atoms with Gasteiger partial charge in [-0.3, -0.25) is 9.89 Å². The van der Waals surface area contributed by atoms with Crippen LogP contribution in [0.1, 0.15) is 61.7 Å². The molecule has 2 heterocycles. The number of nitrogens with one attached hydrogen (secondary N) is 3. The number of aromatic nitrogens is 3. The van der Waals surface area contributed by atoms with Crippen molar-refractivity contribution in [3.8, 4) is 0 Å². The van der Waals surface area contributed by atoms with Gasteiger partial charge in [0, 0.05) is 28.6 Å². The second-order valence-corrected chi connectivity index (χ2v) is 8.22. The second kappa shape index (κ2) is 9.18. The number of H-pyrrole nitrogens is 1. The number of alkyl carbamates (subject to hydrolysis) is 1. The molecule has 8 nitrogen and oxygen atoms in total. The van der Waals surface area contributed by atoms with E-state index < -0.39 is 0 Å². The third-order valence-electron chi connectivity index (χ3n) is 5.11. The molecule has 3 N–H and O–H groups in total. The van der Waals surface area contributed by atoms with Crippen LogP contribution in [0, 0.1) is 6.92 Å². The molecule has 28 heavy (non-hydrogen) atoms. The maximum absolute atomic E-state index is 12.2. The quantitative estimate of drug-likeness (QED) is 0.653. The van der Waals surface area contributed by atoms with Gasteiger partial charge in [0.1, 0.15) is 6.10 Å². The van der Waals surface area contributed by atoms with Crippen LogP contribution < -0.4 is 10.6 Å². The van der Waals surface area contributed by atoms with E-state index in [0.29, 0.717) is 12.2 Å². The van der Waals surface area contributed by atoms with Gasteiger partial charge in [-0.2, -0.15) is 5.10 Å². The summed E-state index contributed by atoms with van der Waals surface area (Å²) in [6.07, 6.45) is 3.21. The summed E-state index contributed by atoms with van der Waals surface area (Å²) in [5.41, 5.74) is 3.58. The van der Waals surface area contributed by atoms with Crippen molar-refractivity contribution < 1.29 is 14.3 Å². The van der Waals surface area contributed by atoms with E-state index in [9.17, 15) is 9.59 Å². The van der Waals surface area contributed by atoms with Crippen molar-refractivity contribution in [2.24, 2.45) is 0 Å². The van der Waals surface area contributed by atoms with E-state index in [1.807, 2.05) is 26.8 Å². The van der Waals surface area contributed by atoms with Gasteiger partial charge in [0.2, 0.25) is 5.91 Å². The zero-order valence-electron chi connectivity index (χ0n) is 16.4. The Morgan fingerprint density at radius 1 is 1.43 bits per heavy atom. The van der Waals surface area contributed by atoms with Gasteiger partial charge in [-0.05, 0) is 39.5 Å². The number of carbonyl (C=O) groups is 2. The van der Waals surface area contributed by atoms with Gasteiger partial charge in [-0.25, -0.2) is 9.78 Å². The highest BCUT2D eigenvalue weighted by Gasteiger charge is 2.30. The van der Waals surface area contributed by atoms with E-state index in [1.165, 1.54) is 11.3 Å². The zero-order valence-corrected chi connectivity index (χ0v) is 17.3. The number of nitrogens with zero attached hydrogens (tertiary/aromatic N) is 2.